The number of imide groups is 1. The van der Waals surface area contributed by atoms with Crippen LogP contribution in [0.1, 0.15) is 11.1 Å². The first-order valence-electron chi connectivity index (χ1n) is 12.0. The van der Waals surface area contributed by atoms with Crippen LogP contribution in [0.15, 0.2) is 76.4 Å². The molecule has 10 heteroatoms. The predicted molar refractivity (Wildman–Crippen MR) is 145 cm³/mol. The number of benzene rings is 3. The zero-order valence-electron chi connectivity index (χ0n) is 20.7. The second kappa shape index (κ2) is 11.1. The van der Waals surface area contributed by atoms with Crippen molar-refractivity contribution in [1.29, 1.82) is 0 Å². The molecule has 2 heterocycles. The highest BCUT2D eigenvalue weighted by Gasteiger charge is 2.24. The van der Waals surface area contributed by atoms with Gasteiger partial charge in [-0.1, -0.05) is 24.3 Å². The fraction of sp³-hybridized carbons (Fsp3) is 0.138. The van der Waals surface area contributed by atoms with E-state index in [1.54, 1.807) is 42.5 Å². The Kier molecular flexibility index (Phi) is 7.47. The Morgan fingerprint density at radius 2 is 1.74 bits per heavy atom. The minimum absolute atomic E-state index is 0.00429. The largest absolute Gasteiger partial charge is 0.490 e. The van der Waals surface area contributed by atoms with Crippen LogP contribution in [0.2, 0.25) is 0 Å². The number of allylic oxidation sites excluding steroid dienone is 1. The summed E-state index contributed by atoms with van der Waals surface area (Å²) in [6.45, 7) is 1.98. The quantitative estimate of drug-likeness (QED) is 0.218. The summed E-state index contributed by atoms with van der Waals surface area (Å²) in [4.78, 5) is 39.8. The number of hydrogen-bond acceptors (Lipinski definition) is 6. The topological polar surface area (TPSA) is 97.5 Å². The highest BCUT2D eigenvalue weighted by Crippen LogP contribution is 2.29. The normalized spacial score (nSPS) is 14.2. The van der Waals surface area contributed by atoms with Crippen molar-refractivity contribution < 1.29 is 27.8 Å². The molecule has 1 aliphatic heterocycles. The summed E-state index contributed by atoms with van der Waals surface area (Å²) in [5.74, 6) is -1.91. The first-order valence-corrected chi connectivity index (χ1v) is 12.8. The van der Waals surface area contributed by atoms with E-state index < -0.39 is 22.8 Å². The molecule has 1 saturated heterocycles. The molecule has 1 fully saturated rings. The molecule has 198 valence electrons. The lowest BCUT2D eigenvalue weighted by atomic mass is 10.1. The molecule has 2 N–H and O–H groups in total. The third-order valence-corrected chi connectivity index (χ3v) is 6.84. The average Bonchev–Trinajstić information content (AvgIpc) is 3.24. The maximum atomic E-state index is 14.0. The first kappa shape index (κ1) is 26.2. The van der Waals surface area contributed by atoms with Crippen molar-refractivity contribution in [3.05, 3.63) is 105 Å². The molecule has 0 bridgehead atoms. The van der Waals surface area contributed by atoms with E-state index >= 15 is 0 Å². The Balaban J connectivity index is 1.32. The molecule has 7 nitrogen and oxygen atoms in total. The van der Waals surface area contributed by atoms with Crippen LogP contribution >= 0.6 is 11.8 Å². The number of pyridine rings is 1. The second-order valence-corrected chi connectivity index (χ2v) is 9.81. The van der Waals surface area contributed by atoms with E-state index in [-0.39, 0.29) is 35.6 Å². The van der Waals surface area contributed by atoms with E-state index in [2.05, 4.69) is 10.3 Å². The van der Waals surface area contributed by atoms with Gasteiger partial charge in [-0.15, -0.1) is 0 Å². The van der Waals surface area contributed by atoms with E-state index in [0.29, 0.717) is 28.0 Å². The highest BCUT2D eigenvalue weighted by molar-refractivity contribution is 8.18. The zero-order valence-corrected chi connectivity index (χ0v) is 21.5. The Bertz CT molecular complexity index is 1700. The van der Waals surface area contributed by atoms with E-state index in [0.717, 1.165) is 35.0 Å². The molecule has 3 aromatic carbocycles. The van der Waals surface area contributed by atoms with E-state index in [4.69, 9.17) is 9.47 Å². The molecule has 0 radical (unpaired) electrons. The van der Waals surface area contributed by atoms with Gasteiger partial charge in [0.25, 0.3) is 11.1 Å². The van der Waals surface area contributed by atoms with Crippen molar-refractivity contribution in [2.75, 3.05) is 13.2 Å². The number of rotatable bonds is 8. The lowest BCUT2D eigenvalue weighted by Crippen LogP contribution is -2.17. The van der Waals surface area contributed by atoms with Gasteiger partial charge in [0.15, 0.2) is 17.4 Å². The van der Waals surface area contributed by atoms with Crippen LogP contribution in [-0.2, 0) is 11.2 Å². The number of nitrogens with one attached hydrogen (secondary N) is 2. The zero-order chi connectivity index (χ0) is 27.5. The van der Waals surface area contributed by atoms with Gasteiger partial charge in [-0.2, -0.15) is 0 Å². The molecule has 0 aliphatic carbocycles. The van der Waals surface area contributed by atoms with Crippen LogP contribution in [0.5, 0.6) is 11.5 Å². The summed E-state index contributed by atoms with van der Waals surface area (Å²) in [5.41, 5.74) is 2.46. The van der Waals surface area contributed by atoms with Gasteiger partial charge in [0.05, 0.1) is 16.1 Å². The van der Waals surface area contributed by atoms with Crippen LogP contribution < -0.4 is 20.2 Å². The van der Waals surface area contributed by atoms with Gasteiger partial charge in [0, 0.05) is 10.9 Å². The van der Waals surface area contributed by atoms with Crippen molar-refractivity contribution in [1.82, 2.24) is 10.3 Å². The lowest BCUT2D eigenvalue weighted by molar-refractivity contribution is -0.115. The van der Waals surface area contributed by atoms with Crippen LogP contribution in [0.25, 0.3) is 22.2 Å². The van der Waals surface area contributed by atoms with Crippen LogP contribution in [0, 0.1) is 18.6 Å². The maximum absolute atomic E-state index is 14.0. The van der Waals surface area contributed by atoms with Gasteiger partial charge in [-0.25, -0.2) is 8.78 Å². The van der Waals surface area contributed by atoms with Crippen molar-refractivity contribution in [2.24, 2.45) is 0 Å². The SMILES string of the molecule is Cc1ccc2c(=O)c(OCCOc3cccc(CC=C4SC(=O)NC4=O)c3)c(-c3ccc(F)c(F)c3)[nH]c2c1. The summed E-state index contributed by atoms with van der Waals surface area (Å²) in [6.07, 6.45) is 2.11. The van der Waals surface area contributed by atoms with Crippen molar-refractivity contribution in [3.63, 3.8) is 0 Å². The Morgan fingerprint density at radius 1 is 0.923 bits per heavy atom. The minimum atomic E-state index is -1.04. The minimum Gasteiger partial charge on any atom is -0.490 e. The van der Waals surface area contributed by atoms with Gasteiger partial charge in [-0.3, -0.25) is 19.7 Å². The smallest absolute Gasteiger partial charge is 0.290 e. The Hall–Kier alpha value is -4.44. The monoisotopic (exact) mass is 548 g/mol. The van der Waals surface area contributed by atoms with Gasteiger partial charge in [0.1, 0.15) is 19.0 Å². The van der Waals surface area contributed by atoms with E-state index in [1.165, 1.54) is 6.07 Å². The summed E-state index contributed by atoms with van der Waals surface area (Å²) in [6, 6.07) is 15.9. The fourth-order valence-electron chi connectivity index (χ4n) is 4.12. The number of carbonyl (C=O) groups is 2. The number of H-pyrrole nitrogens is 1. The number of amides is 2. The summed E-state index contributed by atoms with van der Waals surface area (Å²) < 4.78 is 39.2. The number of aryl methyl sites for hydroxylation is 1. The molecule has 5 rings (SSSR count). The van der Waals surface area contributed by atoms with Crippen molar-refractivity contribution >= 4 is 33.8 Å². The number of thioether (sulfide) groups is 1. The highest BCUT2D eigenvalue weighted by atomic mass is 32.2. The molecule has 0 unspecified atom stereocenters. The van der Waals surface area contributed by atoms with Gasteiger partial charge in [-0.05, 0) is 78.7 Å². The molecule has 2 amide bonds. The number of aromatic nitrogens is 1. The third-order valence-electron chi connectivity index (χ3n) is 5.98. The van der Waals surface area contributed by atoms with Crippen LogP contribution in [0.4, 0.5) is 13.6 Å². The van der Waals surface area contributed by atoms with Crippen LogP contribution in [-0.4, -0.2) is 29.3 Å². The molecule has 4 aromatic rings. The van der Waals surface area contributed by atoms with Crippen molar-refractivity contribution in [3.8, 4) is 22.8 Å². The molecule has 0 spiro atoms. The molecule has 1 aromatic heterocycles. The van der Waals surface area contributed by atoms with Crippen molar-refractivity contribution in [2.45, 2.75) is 13.3 Å². The first-order chi connectivity index (χ1) is 18.8. The third kappa shape index (κ3) is 5.85. The number of halogens is 2. The predicted octanol–water partition coefficient (Wildman–Crippen LogP) is 5.65. The number of ether oxygens (including phenoxy) is 2. The maximum Gasteiger partial charge on any atom is 0.290 e. The second-order valence-electron chi connectivity index (χ2n) is 8.80. The Morgan fingerprint density at radius 3 is 2.51 bits per heavy atom. The number of fused-ring (bicyclic) bond motifs is 1. The summed E-state index contributed by atoms with van der Waals surface area (Å²) >= 11 is 0.861. The Labute approximate surface area is 225 Å². The average molecular weight is 549 g/mol. The van der Waals surface area contributed by atoms with Gasteiger partial charge in [0.2, 0.25) is 5.43 Å². The number of hydrogen-bond donors (Lipinski definition) is 2. The summed E-state index contributed by atoms with van der Waals surface area (Å²) in [5, 5.41) is 2.23. The van der Waals surface area contributed by atoms with Crippen LogP contribution in [0.3, 0.4) is 0 Å². The molecule has 0 atom stereocenters. The molecular weight excluding hydrogens is 526 g/mol. The lowest BCUT2D eigenvalue weighted by Gasteiger charge is -2.14. The van der Waals surface area contributed by atoms with Gasteiger partial charge >= 0.3 is 0 Å². The number of aromatic amines is 1. The van der Waals surface area contributed by atoms with E-state index in [9.17, 15) is 23.2 Å². The van der Waals surface area contributed by atoms with Gasteiger partial charge < -0.3 is 14.5 Å². The standard InChI is InChI=1S/C29H22F2N2O5S/c1-16-5-8-20-23(13-16)32-25(18-7-9-21(30)22(31)15-18)27(26(20)34)38-12-11-37-19-4-2-3-17(14-19)6-10-24-28(35)33-29(36)39-24/h2-5,7-10,13-15H,6,11-12H2,1H3,(H,32,34)(H,33,35,36). The molecule has 1 aliphatic rings. The fourth-order valence-corrected chi connectivity index (χ4v) is 4.77. The summed E-state index contributed by atoms with van der Waals surface area (Å²) in [7, 11) is 0. The molecule has 39 heavy (non-hydrogen) atoms. The molecular formula is C29H22F2N2O5S. The number of carbonyl (C=O) groups excluding carboxylic acids is 2. The molecule has 0 saturated carbocycles. The van der Waals surface area contributed by atoms with E-state index in [1.807, 2.05) is 13.0 Å².